The molecule has 2 nitrogen and oxygen atoms in total. The summed E-state index contributed by atoms with van der Waals surface area (Å²) in [6.45, 7) is 8.49. The molecule has 2 heteroatoms. The van der Waals surface area contributed by atoms with Crippen molar-refractivity contribution >= 4 is 0 Å². The van der Waals surface area contributed by atoms with Gasteiger partial charge in [0.1, 0.15) is 0 Å². The highest BCUT2D eigenvalue weighted by molar-refractivity contribution is 4.69. The second kappa shape index (κ2) is 8.12. The van der Waals surface area contributed by atoms with Crippen molar-refractivity contribution in [2.24, 2.45) is 11.8 Å². The Morgan fingerprint density at radius 1 is 1.20 bits per heavy atom. The maximum Gasteiger partial charge on any atom is 0.0590 e. The maximum absolute atomic E-state index is 5.55. The normalized spacial score (nSPS) is 17.8. The summed E-state index contributed by atoms with van der Waals surface area (Å²) in [7, 11) is 0. The first-order valence-electron chi connectivity index (χ1n) is 6.57. The second-order valence-electron chi connectivity index (χ2n) is 5.15. The molecule has 1 fully saturated rings. The van der Waals surface area contributed by atoms with E-state index in [4.69, 9.17) is 4.74 Å². The van der Waals surface area contributed by atoms with Crippen LogP contribution < -0.4 is 5.32 Å². The largest absolute Gasteiger partial charge is 0.380 e. The standard InChI is InChI=1S/C13H27NO/c1-12(2)7-9-15-10-8-14-11-13-5-3-4-6-13/h12-14H,3-11H2,1-2H3. The van der Waals surface area contributed by atoms with Gasteiger partial charge in [0.05, 0.1) is 6.61 Å². The summed E-state index contributed by atoms with van der Waals surface area (Å²) in [6.07, 6.45) is 6.93. The van der Waals surface area contributed by atoms with E-state index in [-0.39, 0.29) is 0 Å². The van der Waals surface area contributed by atoms with E-state index in [1.54, 1.807) is 0 Å². The minimum absolute atomic E-state index is 0.761. The number of hydrogen-bond acceptors (Lipinski definition) is 2. The first kappa shape index (κ1) is 13.0. The van der Waals surface area contributed by atoms with E-state index in [1.807, 2.05) is 0 Å². The van der Waals surface area contributed by atoms with Crippen LogP contribution in [0.1, 0.15) is 46.0 Å². The molecule has 0 heterocycles. The molecule has 0 unspecified atom stereocenters. The first-order chi connectivity index (χ1) is 7.29. The molecule has 0 aromatic carbocycles. The van der Waals surface area contributed by atoms with Crippen molar-refractivity contribution in [2.75, 3.05) is 26.3 Å². The SMILES string of the molecule is CC(C)CCOCCNCC1CCCC1. The molecular formula is C13H27NO. The van der Waals surface area contributed by atoms with Crippen LogP contribution in [0.2, 0.25) is 0 Å². The highest BCUT2D eigenvalue weighted by atomic mass is 16.5. The average Bonchev–Trinajstić information content (AvgIpc) is 2.68. The third kappa shape index (κ3) is 6.91. The molecule has 0 bridgehead atoms. The van der Waals surface area contributed by atoms with Crippen LogP contribution in [0, 0.1) is 11.8 Å². The molecule has 1 saturated carbocycles. The highest BCUT2D eigenvalue weighted by Gasteiger charge is 2.13. The smallest absolute Gasteiger partial charge is 0.0590 e. The molecule has 0 saturated heterocycles. The van der Waals surface area contributed by atoms with Gasteiger partial charge < -0.3 is 10.1 Å². The van der Waals surface area contributed by atoms with Gasteiger partial charge in [-0.3, -0.25) is 0 Å². The Balaban J connectivity index is 1.76. The van der Waals surface area contributed by atoms with Crippen LogP contribution in [0.4, 0.5) is 0 Å². The number of ether oxygens (including phenoxy) is 1. The fraction of sp³-hybridized carbons (Fsp3) is 1.00. The Kier molecular flexibility index (Phi) is 7.03. The summed E-state index contributed by atoms with van der Waals surface area (Å²) in [4.78, 5) is 0. The Bertz CT molecular complexity index is 141. The Morgan fingerprint density at radius 2 is 1.93 bits per heavy atom. The predicted octanol–water partition coefficient (Wildman–Crippen LogP) is 2.83. The lowest BCUT2D eigenvalue weighted by Gasteiger charge is -2.11. The van der Waals surface area contributed by atoms with Gasteiger partial charge in [0.15, 0.2) is 0 Å². The molecule has 1 N–H and O–H groups in total. The van der Waals surface area contributed by atoms with Gasteiger partial charge >= 0.3 is 0 Å². The van der Waals surface area contributed by atoms with Crippen molar-refractivity contribution < 1.29 is 4.74 Å². The van der Waals surface area contributed by atoms with E-state index >= 15 is 0 Å². The zero-order valence-electron chi connectivity index (χ0n) is 10.4. The van der Waals surface area contributed by atoms with Gasteiger partial charge in [0.25, 0.3) is 0 Å². The molecule has 0 atom stereocenters. The van der Waals surface area contributed by atoms with Crippen LogP contribution in [0.15, 0.2) is 0 Å². The molecule has 0 radical (unpaired) electrons. The van der Waals surface area contributed by atoms with Gasteiger partial charge in [0.2, 0.25) is 0 Å². The fourth-order valence-corrected chi connectivity index (χ4v) is 2.09. The van der Waals surface area contributed by atoms with Gasteiger partial charge in [-0.05, 0) is 37.6 Å². The number of rotatable bonds is 8. The molecule has 15 heavy (non-hydrogen) atoms. The van der Waals surface area contributed by atoms with Crippen LogP contribution in [-0.2, 0) is 4.74 Å². The molecule has 1 rings (SSSR count). The topological polar surface area (TPSA) is 21.3 Å². The summed E-state index contributed by atoms with van der Waals surface area (Å²) in [5.41, 5.74) is 0. The lowest BCUT2D eigenvalue weighted by Crippen LogP contribution is -2.25. The van der Waals surface area contributed by atoms with Gasteiger partial charge in [0, 0.05) is 13.2 Å². The lowest BCUT2D eigenvalue weighted by atomic mass is 10.1. The molecule has 0 amide bonds. The van der Waals surface area contributed by atoms with Gasteiger partial charge in [-0.2, -0.15) is 0 Å². The van der Waals surface area contributed by atoms with Gasteiger partial charge in [-0.25, -0.2) is 0 Å². The van der Waals surface area contributed by atoms with Gasteiger partial charge in [-0.1, -0.05) is 26.7 Å². The zero-order chi connectivity index (χ0) is 10.9. The molecule has 1 aliphatic rings. The molecule has 0 spiro atoms. The lowest BCUT2D eigenvalue weighted by molar-refractivity contribution is 0.124. The third-order valence-electron chi connectivity index (χ3n) is 3.17. The van der Waals surface area contributed by atoms with Crippen molar-refractivity contribution in [1.29, 1.82) is 0 Å². The molecular weight excluding hydrogens is 186 g/mol. The molecule has 0 aromatic heterocycles. The van der Waals surface area contributed by atoms with Gasteiger partial charge in [-0.15, -0.1) is 0 Å². The van der Waals surface area contributed by atoms with Crippen LogP contribution in [0.5, 0.6) is 0 Å². The zero-order valence-corrected chi connectivity index (χ0v) is 10.4. The summed E-state index contributed by atoms with van der Waals surface area (Å²) < 4.78 is 5.55. The first-order valence-corrected chi connectivity index (χ1v) is 6.57. The molecule has 90 valence electrons. The maximum atomic E-state index is 5.55. The van der Waals surface area contributed by atoms with Crippen molar-refractivity contribution in [3.63, 3.8) is 0 Å². The van der Waals surface area contributed by atoms with Crippen molar-refractivity contribution in [3.8, 4) is 0 Å². The van der Waals surface area contributed by atoms with Crippen molar-refractivity contribution in [2.45, 2.75) is 46.0 Å². The Morgan fingerprint density at radius 3 is 2.60 bits per heavy atom. The van der Waals surface area contributed by atoms with E-state index in [9.17, 15) is 0 Å². The van der Waals surface area contributed by atoms with Crippen molar-refractivity contribution in [1.82, 2.24) is 5.32 Å². The van der Waals surface area contributed by atoms with Crippen LogP contribution in [0.3, 0.4) is 0 Å². The second-order valence-corrected chi connectivity index (χ2v) is 5.15. The Labute approximate surface area is 94.8 Å². The monoisotopic (exact) mass is 213 g/mol. The fourth-order valence-electron chi connectivity index (χ4n) is 2.09. The summed E-state index contributed by atoms with van der Waals surface area (Å²) >= 11 is 0. The van der Waals surface area contributed by atoms with Crippen LogP contribution in [-0.4, -0.2) is 26.3 Å². The van der Waals surface area contributed by atoms with E-state index in [2.05, 4.69) is 19.2 Å². The number of hydrogen-bond donors (Lipinski definition) is 1. The minimum Gasteiger partial charge on any atom is -0.380 e. The van der Waals surface area contributed by atoms with E-state index in [1.165, 1.54) is 38.6 Å². The summed E-state index contributed by atoms with van der Waals surface area (Å²) in [5, 5.41) is 3.49. The van der Waals surface area contributed by atoms with Crippen molar-refractivity contribution in [3.05, 3.63) is 0 Å². The Hall–Kier alpha value is -0.0800. The predicted molar refractivity (Wildman–Crippen MR) is 65.1 cm³/mol. The molecule has 0 aliphatic heterocycles. The van der Waals surface area contributed by atoms with Crippen LogP contribution in [0.25, 0.3) is 0 Å². The summed E-state index contributed by atoms with van der Waals surface area (Å²) in [5.74, 6) is 1.71. The highest BCUT2D eigenvalue weighted by Crippen LogP contribution is 2.23. The quantitative estimate of drug-likeness (QED) is 0.626. The summed E-state index contributed by atoms with van der Waals surface area (Å²) in [6, 6.07) is 0. The number of nitrogens with one attached hydrogen (secondary N) is 1. The average molecular weight is 213 g/mol. The van der Waals surface area contributed by atoms with E-state index in [0.717, 1.165) is 31.6 Å². The third-order valence-corrected chi connectivity index (χ3v) is 3.17. The van der Waals surface area contributed by atoms with Crippen LogP contribution >= 0.6 is 0 Å². The molecule has 0 aromatic rings. The van der Waals surface area contributed by atoms with E-state index < -0.39 is 0 Å². The molecule has 1 aliphatic carbocycles. The minimum atomic E-state index is 0.761. The van der Waals surface area contributed by atoms with E-state index in [0.29, 0.717) is 0 Å².